The zero-order chi connectivity index (χ0) is 30.0. The van der Waals surface area contributed by atoms with E-state index < -0.39 is 5.60 Å². The predicted octanol–water partition coefficient (Wildman–Crippen LogP) is 4.47. The summed E-state index contributed by atoms with van der Waals surface area (Å²) in [6, 6.07) is 9.19. The number of anilines is 2. The zero-order valence-electron chi connectivity index (χ0n) is 26.0. The van der Waals surface area contributed by atoms with Crippen LogP contribution in [0.4, 0.5) is 16.3 Å². The number of amides is 1. The van der Waals surface area contributed by atoms with Crippen LogP contribution in [0.2, 0.25) is 0 Å². The molecule has 3 aliphatic rings. The third-order valence-electron chi connectivity index (χ3n) is 8.75. The second kappa shape index (κ2) is 12.3. The molecular formula is C32H45N7O3. The molecule has 1 aromatic heterocycles. The molecule has 2 atom stereocenters. The number of benzene rings is 1. The van der Waals surface area contributed by atoms with Gasteiger partial charge in [0.2, 0.25) is 0 Å². The summed E-state index contributed by atoms with van der Waals surface area (Å²) in [6.45, 7) is 14.6. The van der Waals surface area contributed by atoms with E-state index in [9.17, 15) is 10.1 Å². The van der Waals surface area contributed by atoms with Gasteiger partial charge in [0.25, 0.3) is 0 Å². The van der Waals surface area contributed by atoms with Gasteiger partial charge in [0, 0.05) is 43.5 Å². The highest BCUT2D eigenvalue weighted by Gasteiger charge is 2.36. The number of ether oxygens (including phenoxy) is 2. The summed E-state index contributed by atoms with van der Waals surface area (Å²) in [5.74, 6) is 0.863. The van der Waals surface area contributed by atoms with Crippen molar-refractivity contribution in [3.63, 3.8) is 0 Å². The molecule has 10 nitrogen and oxygen atoms in total. The van der Waals surface area contributed by atoms with Gasteiger partial charge in [-0.3, -0.25) is 0 Å². The lowest BCUT2D eigenvalue weighted by Crippen LogP contribution is -2.56. The highest BCUT2D eigenvalue weighted by atomic mass is 16.6. The van der Waals surface area contributed by atoms with Gasteiger partial charge in [-0.05, 0) is 84.7 Å². The standard InChI is InChI=1S/C32H45N7O3/c1-22-9-7-11-28(23(22)2)37-16-13-26-27(20-37)34-30(41-21-25-10-8-15-36(25)6)35-29(26)38-17-18-39(24(19-38)12-14-33)31(40)42-32(3,4)5/h7,9,11,24-25H,8,10,12-13,15-21H2,1-6H3/t24-,25-/m0/s1. The predicted molar refractivity (Wildman–Crippen MR) is 163 cm³/mol. The van der Waals surface area contributed by atoms with Gasteiger partial charge >= 0.3 is 12.1 Å². The fourth-order valence-electron chi connectivity index (χ4n) is 6.25. The van der Waals surface area contributed by atoms with Crippen molar-refractivity contribution < 1.29 is 14.3 Å². The van der Waals surface area contributed by atoms with Gasteiger partial charge in [-0.25, -0.2) is 4.79 Å². The summed E-state index contributed by atoms with van der Waals surface area (Å²) in [7, 11) is 2.14. The van der Waals surface area contributed by atoms with Crippen LogP contribution < -0.4 is 14.5 Å². The molecule has 1 amide bonds. The molecule has 5 rings (SSSR count). The maximum absolute atomic E-state index is 13.0. The minimum atomic E-state index is -0.599. The molecule has 10 heteroatoms. The Bertz CT molecular complexity index is 1330. The largest absolute Gasteiger partial charge is 0.462 e. The topological polar surface area (TPSA) is 98.1 Å². The summed E-state index contributed by atoms with van der Waals surface area (Å²) in [5, 5.41) is 9.62. The van der Waals surface area contributed by atoms with Gasteiger partial charge in [0.1, 0.15) is 18.0 Å². The van der Waals surface area contributed by atoms with Crippen LogP contribution >= 0.6 is 0 Å². The first-order valence-corrected chi connectivity index (χ1v) is 15.2. The van der Waals surface area contributed by atoms with Crippen LogP contribution in [0, 0.1) is 25.2 Å². The highest BCUT2D eigenvalue weighted by molar-refractivity contribution is 5.69. The van der Waals surface area contributed by atoms with Crippen molar-refractivity contribution in [2.75, 3.05) is 56.2 Å². The maximum Gasteiger partial charge on any atom is 0.410 e. The minimum absolute atomic E-state index is 0.223. The second-order valence-corrected chi connectivity index (χ2v) is 12.9. The molecule has 226 valence electrons. The van der Waals surface area contributed by atoms with Crippen LogP contribution in [0.15, 0.2) is 18.2 Å². The lowest BCUT2D eigenvalue weighted by atomic mass is 10.0. The number of carbonyl (C=O) groups is 1. The smallest absolute Gasteiger partial charge is 0.410 e. The summed E-state index contributed by atoms with van der Waals surface area (Å²) in [6.07, 6.45) is 2.94. The van der Waals surface area contributed by atoms with Crippen molar-refractivity contribution in [2.45, 2.75) is 84.5 Å². The number of piperazine rings is 1. The molecule has 0 spiro atoms. The first-order valence-electron chi connectivity index (χ1n) is 15.2. The Morgan fingerprint density at radius 2 is 1.90 bits per heavy atom. The van der Waals surface area contributed by atoms with Gasteiger partial charge < -0.3 is 29.1 Å². The third kappa shape index (κ3) is 6.57. The van der Waals surface area contributed by atoms with E-state index in [0.717, 1.165) is 43.0 Å². The number of likely N-dealkylation sites (N-methyl/N-ethyl adjacent to an activating group) is 1. The number of likely N-dealkylation sites (tertiary alicyclic amines) is 1. The van der Waals surface area contributed by atoms with Crippen LogP contribution in [0.25, 0.3) is 0 Å². The molecule has 42 heavy (non-hydrogen) atoms. The molecule has 2 saturated heterocycles. The number of hydrogen-bond acceptors (Lipinski definition) is 9. The quantitative estimate of drug-likeness (QED) is 0.494. The van der Waals surface area contributed by atoms with Crippen LogP contribution in [-0.2, 0) is 17.7 Å². The van der Waals surface area contributed by atoms with E-state index in [1.165, 1.54) is 23.2 Å². The van der Waals surface area contributed by atoms with E-state index in [1.54, 1.807) is 4.90 Å². The number of nitriles is 1. The minimum Gasteiger partial charge on any atom is -0.462 e. The van der Waals surface area contributed by atoms with Gasteiger partial charge in [0.05, 0.1) is 30.8 Å². The Hall–Kier alpha value is -3.58. The normalized spacial score (nSPS) is 21.2. The van der Waals surface area contributed by atoms with Crippen molar-refractivity contribution in [3.8, 4) is 12.1 Å². The van der Waals surface area contributed by atoms with Crippen LogP contribution in [0.5, 0.6) is 6.01 Å². The summed E-state index contributed by atoms with van der Waals surface area (Å²) >= 11 is 0. The Morgan fingerprint density at radius 1 is 1.10 bits per heavy atom. The highest BCUT2D eigenvalue weighted by Crippen LogP contribution is 2.34. The van der Waals surface area contributed by atoms with Crippen molar-refractivity contribution >= 4 is 17.6 Å². The van der Waals surface area contributed by atoms with Crippen LogP contribution in [-0.4, -0.2) is 89.9 Å². The number of carbonyl (C=O) groups excluding carboxylic acids is 1. The molecule has 1 aromatic carbocycles. The molecule has 3 aliphatic heterocycles. The van der Waals surface area contributed by atoms with Gasteiger partial charge in [-0.1, -0.05) is 12.1 Å². The number of nitrogens with zero attached hydrogens (tertiary/aromatic N) is 7. The van der Waals surface area contributed by atoms with Gasteiger partial charge in [-0.2, -0.15) is 15.2 Å². The first kappa shape index (κ1) is 29.9. The molecule has 0 aliphatic carbocycles. The number of hydrogen-bond donors (Lipinski definition) is 0. The molecule has 4 heterocycles. The van der Waals surface area contributed by atoms with E-state index in [2.05, 4.69) is 59.9 Å². The Labute approximate surface area is 250 Å². The summed E-state index contributed by atoms with van der Waals surface area (Å²) in [4.78, 5) is 31.6. The summed E-state index contributed by atoms with van der Waals surface area (Å²) in [5.41, 5.74) is 5.30. The average molecular weight is 576 g/mol. The number of aryl methyl sites for hydroxylation is 1. The second-order valence-electron chi connectivity index (χ2n) is 12.9. The van der Waals surface area contributed by atoms with Crippen molar-refractivity contribution in [3.05, 3.63) is 40.6 Å². The molecule has 0 radical (unpaired) electrons. The third-order valence-corrected chi connectivity index (χ3v) is 8.75. The maximum atomic E-state index is 13.0. The van der Waals surface area contributed by atoms with Crippen LogP contribution in [0.1, 0.15) is 62.4 Å². The molecular weight excluding hydrogens is 530 g/mol. The van der Waals surface area contributed by atoms with Crippen molar-refractivity contribution in [1.82, 2.24) is 19.8 Å². The Balaban J connectivity index is 1.44. The van der Waals surface area contributed by atoms with E-state index in [-0.39, 0.29) is 18.6 Å². The lowest BCUT2D eigenvalue weighted by Gasteiger charge is -2.42. The van der Waals surface area contributed by atoms with Crippen molar-refractivity contribution in [1.29, 1.82) is 5.26 Å². The molecule has 0 unspecified atom stereocenters. The number of aromatic nitrogens is 2. The molecule has 2 aromatic rings. The fourth-order valence-corrected chi connectivity index (χ4v) is 6.25. The summed E-state index contributed by atoms with van der Waals surface area (Å²) < 4.78 is 12.0. The molecule has 0 N–H and O–H groups in total. The van der Waals surface area contributed by atoms with Gasteiger partial charge in [-0.15, -0.1) is 0 Å². The lowest BCUT2D eigenvalue weighted by molar-refractivity contribution is 0.0144. The average Bonchev–Trinajstić information content (AvgIpc) is 3.36. The van der Waals surface area contributed by atoms with E-state index in [0.29, 0.717) is 44.8 Å². The molecule has 2 fully saturated rings. The van der Waals surface area contributed by atoms with Gasteiger partial charge in [0.15, 0.2) is 0 Å². The molecule has 0 bridgehead atoms. The van der Waals surface area contributed by atoms with E-state index in [1.807, 2.05) is 20.8 Å². The zero-order valence-corrected chi connectivity index (χ0v) is 26.0. The first-order chi connectivity index (χ1) is 20.0. The fraction of sp³-hybridized carbons (Fsp3) is 0.625. The van der Waals surface area contributed by atoms with Crippen LogP contribution in [0.3, 0.4) is 0 Å². The van der Waals surface area contributed by atoms with E-state index >= 15 is 0 Å². The monoisotopic (exact) mass is 575 g/mol. The number of rotatable bonds is 6. The van der Waals surface area contributed by atoms with Crippen molar-refractivity contribution in [2.24, 2.45) is 0 Å². The SMILES string of the molecule is Cc1cccc(N2CCc3c(nc(OC[C@@H]4CCCN4C)nc3N3CCN(C(=O)OC(C)(C)C)[C@@H](CC#N)C3)C2)c1C. The molecule has 0 saturated carbocycles. The number of fused-ring (bicyclic) bond motifs is 1. The Morgan fingerprint density at radius 3 is 2.62 bits per heavy atom. The Kier molecular flexibility index (Phi) is 8.78. The van der Waals surface area contributed by atoms with E-state index in [4.69, 9.17) is 19.4 Å².